The standard InChI is InChI=1S/C22H22N2O2S/c1-6-9-24-18-12-15(3)10-16(4)21(18)27-22(24)23-20(25)13-17-11-14(2)7-8-19(17)26-5/h1,7-8,10-12H,9,13H2,2-5H3. The van der Waals surface area contributed by atoms with Crippen LogP contribution in [0.2, 0.25) is 0 Å². The van der Waals surface area contributed by atoms with Crippen molar-refractivity contribution in [3.05, 3.63) is 57.4 Å². The molecule has 2 aromatic carbocycles. The molecule has 27 heavy (non-hydrogen) atoms. The van der Waals surface area contributed by atoms with Crippen LogP contribution in [0.5, 0.6) is 5.75 Å². The lowest BCUT2D eigenvalue weighted by molar-refractivity contribution is -0.117. The van der Waals surface area contributed by atoms with Gasteiger partial charge in [0.05, 0.1) is 30.3 Å². The smallest absolute Gasteiger partial charge is 0.252 e. The van der Waals surface area contributed by atoms with Gasteiger partial charge < -0.3 is 9.30 Å². The van der Waals surface area contributed by atoms with Crippen molar-refractivity contribution in [1.29, 1.82) is 0 Å². The monoisotopic (exact) mass is 378 g/mol. The van der Waals surface area contributed by atoms with Crippen molar-refractivity contribution in [1.82, 2.24) is 4.57 Å². The fourth-order valence-corrected chi connectivity index (χ4v) is 4.29. The van der Waals surface area contributed by atoms with E-state index in [-0.39, 0.29) is 12.3 Å². The van der Waals surface area contributed by atoms with Crippen molar-refractivity contribution in [2.45, 2.75) is 33.7 Å². The number of carbonyl (C=O) groups excluding carboxylic acids is 1. The van der Waals surface area contributed by atoms with Crippen LogP contribution in [0.3, 0.4) is 0 Å². The highest BCUT2D eigenvalue weighted by Gasteiger charge is 2.12. The van der Waals surface area contributed by atoms with E-state index in [1.807, 2.05) is 29.7 Å². The highest BCUT2D eigenvalue weighted by molar-refractivity contribution is 7.16. The van der Waals surface area contributed by atoms with E-state index in [2.05, 4.69) is 36.9 Å². The molecule has 1 heterocycles. The van der Waals surface area contributed by atoms with Gasteiger partial charge in [0.15, 0.2) is 4.80 Å². The van der Waals surface area contributed by atoms with Crippen molar-refractivity contribution < 1.29 is 9.53 Å². The molecule has 0 bridgehead atoms. The Balaban J connectivity index is 2.06. The third-order valence-electron chi connectivity index (χ3n) is 4.36. The summed E-state index contributed by atoms with van der Waals surface area (Å²) in [6, 6.07) is 10.0. The summed E-state index contributed by atoms with van der Waals surface area (Å²) in [6.45, 7) is 6.48. The van der Waals surface area contributed by atoms with Crippen LogP contribution in [0.4, 0.5) is 0 Å². The van der Waals surface area contributed by atoms with Crippen LogP contribution >= 0.6 is 11.3 Å². The van der Waals surface area contributed by atoms with Crippen molar-refractivity contribution in [2.75, 3.05) is 7.11 Å². The summed E-state index contributed by atoms with van der Waals surface area (Å²) in [5.41, 5.74) is 5.26. The Morgan fingerprint density at radius 3 is 2.70 bits per heavy atom. The van der Waals surface area contributed by atoms with E-state index < -0.39 is 0 Å². The highest BCUT2D eigenvalue weighted by atomic mass is 32.1. The lowest BCUT2D eigenvalue weighted by Gasteiger charge is -2.07. The second-order valence-electron chi connectivity index (χ2n) is 6.60. The van der Waals surface area contributed by atoms with Gasteiger partial charge in [-0.25, -0.2) is 0 Å². The first-order valence-corrected chi connectivity index (χ1v) is 9.49. The number of rotatable bonds is 4. The summed E-state index contributed by atoms with van der Waals surface area (Å²) < 4.78 is 8.41. The molecule has 3 aromatic rings. The van der Waals surface area contributed by atoms with Crippen molar-refractivity contribution >= 4 is 27.5 Å². The SMILES string of the molecule is C#CCn1c(=NC(=O)Cc2cc(C)ccc2OC)sc2c(C)cc(C)cc21. The Kier molecular flexibility index (Phi) is 5.48. The first-order valence-electron chi connectivity index (χ1n) is 8.68. The molecule has 3 rings (SSSR count). The molecular formula is C22H22N2O2S. The number of carbonyl (C=O) groups is 1. The van der Waals surface area contributed by atoms with E-state index in [4.69, 9.17) is 11.2 Å². The number of aromatic nitrogens is 1. The fraction of sp³-hybridized carbons (Fsp3) is 0.273. The Morgan fingerprint density at radius 1 is 1.22 bits per heavy atom. The van der Waals surface area contributed by atoms with Gasteiger partial charge in [-0.2, -0.15) is 4.99 Å². The molecule has 0 unspecified atom stereocenters. The zero-order chi connectivity index (χ0) is 19.6. The lowest BCUT2D eigenvalue weighted by Crippen LogP contribution is -2.17. The summed E-state index contributed by atoms with van der Waals surface area (Å²) >= 11 is 1.50. The summed E-state index contributed by atoms with van der Waals surface area (Å²) in [5, 5.41) is 0. The number of benzene rings is 2. The molecule has 1 aromatic heterocycles. The minimum Gasteiger partial charge on any atom is -0.496 e. The Bertz CT molecular complexity index is 1130. The van der Waals surface area contributed by atoms with E-state index in [0.717, 1.165) is 32.5 Å². The van der Waals surface area contributed by atoms with Gasteiger partial charge in [0.25, 0.3) is 5.91 Å². The van der Waals surface area contributed by atoms with Gasteiger partial charge in [-0.05, 0) is 44.0 Å². The van der Waals surface area contributed by atoms with Crippen LogP contribution < -0.4 is 9.54 Å². The molecule has 0 saturated heterocycles. The topological polar surface area (TPSA) is 43.6 Å². The van der Waals surface area contributed by atoms with E-state index in [9.17, 15) is 4.79 Å². The van der Waals surface area contributed by atoms with Crippen molar-refractivity contribution in [3.8, 4) is 18.1 Å². The summed E-state index contributed by atoms with van der Waals surface area (Å²) in [5.74, 6) is 3.15. The summed E-state index contributed by atoms with van der Waals surface area (Å²) in [7, 11) is 1.60. The second kappa shape index (κ2) is 7.81. The Hall–Kier alpha value is -2.84. The maximum Gasteiger partial charge on any atom is 0.252 e. The number of nitrogens with zero attached hydrogens (tertiary/aromatic N) is 2. The minimum atomic E-state index is -0.217. The van der Waals surface area contributed by atoms with E-state index in [0.29, 0.717) is 17.1 Å². The molecule has 0 aliphatic heterocycles. The minimum absolute atomic E-state index is 0.188. The maximum atomic E-state index is 12.7. The van der Waals surface area contributed by atoms with Crippen LogP contribution in [0.25, 0.3) is 10.2 Å². The average molecular weight is 378 g/mol. The molecule has 0 aliphatic rings. The molecule has 0 atom stereocenters. The predicted molar refractivity (Wildman–Crippen MR) is 110 cm³/mol. The molecule has 0 fully saturated rings. The molecule has 0 N–H and O–H groups in total. The number of hydrogen-bond donors (Lipinski definition) is 0. The van der Waals surface area contributed by atoms with Gasteiger partial charge in [0, 0.05) is 5.56 Å². The number of fused-ring (bicyclic) bond motifs is 1. The van der Waals surface area contributed by atoms with Crippen LogP contribution in [0.1, 0.15) is 22.3 Å². The molecule has 0 saturated carbocycles. The highest BCUT2D eigenvalue weighted by Crippen LogP contribution is 2.24. The van der Waals surface area contributed by atoms with Gasteiger partial charge in [0.2, 0.25) is 0 Å². The quantitative estimate of drug-likeness (QED) is 0.646. The van der Waals surface area contributed by atoms with E-state index in [1.165, 1.54) is 11.3 Å². The zero-order valence-corrected chi connectivity index (χ0v) is 16.8. The third kappa shape index (κ3) is 3.96. The molecule has 0 spiro atoms. The number of methoxy groups -OCH3 is 1. The largest absolute Gasteiger partial charge is 0.496 e. The summed E-state index contributed by atoms with van der Waals surface area (Å²) in [4.78, 5) is 17.7. The van der Waals surface area contributed by atoms with E-state index >= 15 is 0 Å². The number of terminal acetylenes is 1. The number of thiazole rings is 1. The Morgan fingerprint density at radius 2 is 2.00 bits per heavy atom. The number of amides is 1. The first-order chi connectivity index (χ1) is 12.9. The summed E-state index contributed by atoms with van der Waals surface area (Å²) in [6.07, 6.45) is 5.74. The lowest BCUT2D eigenvalue weighted by atomic mass is 10.1. The molecule has 1 amide bonds. The van der Waals surface area contributed by atoms with Crippen molar-refractivity contribution in [2.24, 2.45) is 4.99 Å². The molecule has 0 aliphatic carbocycles. The van der Waals surface area contributed by atoms with Gasteiger partial charge in [0.1, 0.15) is 5.75 Å². The Labute approximate surface area is 163 Å². The first kappa shape index (κ1) is 18.9. The molecule has 0 radical (unpaired) electrons. The van der Waals surface area contributed by atoms with Gasteiger partial charge in [-0.1, -0.05) is 41.0 Å². The predicted octanol–water partition coefficient (Wildman–Crippen LogP) is 3.94. The fourth-order valence-electron chi connectivity index (χ4n) is 3.20. The van der Waals surface area contributed by atoms with E-state index in [1.54, 1.807) is 7.11 Å². The number of aryl methyl sites for hydroxylation is 3. The van der Waals surface area contributed by atoms with Crippen LogP contribution in [-0.4, -0.2) is 17.6 Å². The van der Waals surface area contributed by atoms with Crippen LogP contribution in [-0.2, 0) is 17.8 Å². The molecule has 5 heteroatoms. The van der Waals surface area contributed by atoms with Crippen LogP contribution in [0.15, 0.2) is 35.3 Å². The molecule has 138 valence electrons. The van der Waals surface area contributed by atoms with Gasteiger partial charge >= 0.3 is 0 Å². The average Bonchev–Trinajstić information content (AvgIpc) is 2.93. The normalized spacial score (nSPS) is 11.6. The van der Waals surface area contributed by atoms with Gasteiger partial charge in [-0.15, -0.1) is 6.42 Å². The third-order valence-corrected chi connectivity index (χ3v) is 5.59. The van der Waals surface area contributed by atoms with Crippen LogP contribution in [0, 0.1) is 33.1 Å². The zero-order valence-electron chi connectivity index (χ0n) is 16.0. The number of ether oxygens (including phenoxy) is 1. The van der Waals surface area contributed by atoms with Gasteiger partial charge in [-0.3, -0.25) is 4.79 Å². The van der Waals surface area contributed by atoms with Crippen molar-refractivity contribution in [3.63, 3.8) is 0 Å². The molecular weight excluding hydrogens is 356 g/mol. The maximum absolute atomic E-state index is 12.7. The number of hydrogen-bond acceptors (Lipinski definition) is 3. The second-order valence-corrected chi connectivity index (χ2v) is 7.58. The molecule has 4 nitrogen and oxygen atoms in total.